The van der Waals surface area contributed by atoms with Gasteiger partial charge in [0.05, 0.1) is 5.88 Å². The number of benzene rings is 1. The molecule has 29 heavy (non-hydrogen) atoms. The van der Waals surface area contributed by atoms with Crippen molar-refractivity contribution in [3.8, 4) is 0 Å². The molecule has 1 saturated heterocycles. The summed E-state index contributed by atoms with van der Waals surface area (Å²) in [6, 6.07) is 9.93. The van der Waals surface area contributed by atoms with Gasteiger partial charge in [0.15, 0.2) is 5.82 Å². The highest BCUT2D eigenvalue weighted by Gasteiger charge is 2.19. The number of thioether (sulfide) groups is 1. The molecule has 0 spiro atoms. The number of anilines is 1. The van der Waals surface area contributed by atoms with Gasteiger partial charge < -0.3 is 15.5 Å². The van der Waals surface area contributed by atoms with Crippen LogP contribution in [0.25, 0.3) is 0 Å². The first-order valence-electron chi connectivity index (χ1n) is 10.1. The second-order valence-corrected chi connectivity index (χ2v) is 8.34. The number of H-pyrrole nitrogens is 1. The van der Waals surface area contributed by atoms with Crippen LogP contribution in [-0.4, -0.2) is 70.6 Å². The predicted octanol–water partition coefficient (Wildman–Crippen LogP) is 3.57. The summed E-state index contributed by atoms with van der Waals surface area (Å²) in [6.45, 7) is 8.25. The van der Waals surface area contributed by atoms with Crippen molar-refractivity contribution in [2.75, 3.05) is 44.8 Å². The highest BCUT2D eigenvalue weighted by Crippen LogP contribution is 2.20. The van der Waals surface area contributed by atoms with E-state index in [2.05, 4.69) is 34.0 Å². The third-order valence-electron chi connectivity index (χ3n) is 4.96. The van der Waals surface area contributed by atoms with Crippen molar-refractivity contribution in [1.29, 1.82) is 0 Å². The number of rotatable bonds is 7. The van der Waals surface area contributed by atoms with Crippen LogP contribution in [-0.2, 0) is 0 Å². The maximum atomic E-state index is 5.78. The summed E-state index contributed by atoms with van der Waals surface area (Å²) < 4.78 is 0. The molecule has 0 radical (unpaired) electrons. The third kappa shape index (κ3) is 6.61. The molecule has 156 valence electrons. The van der Waals surface area contributed by atoms with Crippen molar-refractivity contribution in [2.24, 2.45) is 9.98 Å². The molecule has 1 aliphatic heterocycles. The van der Waals surface area contributed by atoms with Crippen LogP contribution in [0.4, 0.5) is 11.5 Å². The Morgan fingerprint density at radius 2 is 1.93 bits per heavy atom. The number of nitrogens with zero attached hydrogens (tertiary/aromatic N) is 5. The molecular formula is C21H31N7S. The van der Waals surface area contributed by atoms with Crippen molar-refractivity contribution < 1.29 is 0 Å². The van der Waals surface area contributed by atoms with Crippen molar-refractivity contribution in [1.82, 2.24) is 20.0 Å². The van der Waals surface area contributed by atoms with Crippen molar-refractivity contribution in [3.63, 3.8) is 0 Å². The van der Waals surface area contributed by atoms with Crippen LogP contribution in [0.15, 0.2) is 45.2 Å². The lowest BCUT2D eigenvalue weighted by Gasteiger charge is -2.35. The summed E-state index contributed by atoms with van der Waals surface area (Å²) in [7, 11) is 2.17. The smallest absolute Gasteiger partial charge is 0.173 e. The van der Waals surface area contributed by atoms with Crippen LogP contribution in [0.1, 0.15) is 25.5 Å². The fraction of sp³-hybridized carbons (Fsp3) is 0.476. The molecule has 0 unspecified atom stereocenters. The van der Waals surface area contributed by atoms with E-state index in [0.29, 0.717) is 5.88 Å². The Kier molecular flexibility index (Phi) is 7.71. The van der Waals surface area contributed by atoms with E-state index in [0.717, 1.165) is 67.8 Å². The predicted molar refractivity (Wildman–Crippen MR) is 123 cm³/mol. The van der Waals surface area contributed by atoms with E-state index >= 15 is 0 Å². The van der Waals surface area contributed by atoms with Crippen LogP contribution in [0.3, 0.4) is 0 Å². The zero-order valence-electron chi connectivity index (χ0n) is 17.6. The normalized spacial score (nSPS) is 16.4. The Labute approximate surface area is 177 Å². The van der Waals surface area contributed by atoms with Crippen molar-refractivity contribution in [2.45, 2.75) is 31.6 Å². The number of likely N-dealkylation sites (N-methyl/N-ethyl adjacent to an activating group) is 1. The number of nitrogens with one attached hydrogen (secondary N) is 1. The van der Waals surface area contributed by atoms with Gasteiger partial charge in [0.25, 0.3) is 0 Å². The first-order valence-corrected chi connectivity index (χ1v) is 11.1. The highest BCUT2D eigenvalue weighted by atomic mass is 32.2. The zero-order valence-corrected chi connectivity index (χ0v) is 18.4. The second-order valence-electron chi connectivity index (χ2n) is 7.32. The van der Waals surface area contributed by atoms with Crippen LogP contribution in [0.2, 0.25) is 0 Å². The first kappa shape index (κ1) is 21.4. The summed E-state index contributed by atoms with van der Waals surface area (Å²) in [6.07, 6.45) is 1.64. The molecule has 3 rings (SSSR count). The molecule has 1 fully saturated rings. The number of hydrogen-bond donors (Lipinski definition) is 2. The molecule has 0 atom stereocenters. The summed E-state index contributed by atoms with van der Waals surface area (Å²) in [5.74, 6) is 2.55. The lowest BCUT2D eigenvalue weighted by atomic mass is 10.1. The van der Waals surface area contributed by atoms with Gasteiger partial charge in [-0.15, -0.1) is 11.8 Å². The van der Waals surface area contributed by atoms with Gasteiger partial charge in [-0.05, 0) is 44.7 Å². The second kappa shape index (κ2) is 10.5. The van der Waals surface area contributed by atoms with E-state index < -0.39 is 0 Å². The number of amidine groups is 1. The number of nitrogens with two attached hydrogens (primary N) is 1. The molecule has 2 aromatic rings. The quantitative estimate of drug-likeness (QED) is 0.314. The minimum absolute atomic E-state index is 0.685. The summed E-state index contributed by atoms with van der Waals surface area (Å²) in [5, 5.41) is 7.22. The SMILES string of the molecule is CCC(CC(=NCSc1ccc(N)cc1)N1CCN(C)CC1)=Nc1cc(C)[nH]n1. The zero-order chi connectivity index (χ0) is 20.6. The average Bonchev–Trinajstić information content (AvgIpc) is 3.13. The Bertz CT molecular complexity index is 833. The Balaban J connectivity index is 1.72. The Morgan fingerprint density at radius 1 is 1.21 bits per heavy atom. The standard InChI is InChI=1S/C21H31N7S/c1-4-18(24-20-13-16(2)25-26-20)14-21(28-11-9-27(3)10-12-28)23-15-29-19-7-5-17(22)6-8-19/h5-8,13H,4,9-12,14-15,22H2,1-3H3,(H,25,26). The van der Waals surface area contributed by atoms with Gasteiger partial charge in [-0.2, -0.15) is 5.10 Å². The summed E-state index contributed by atoms with van der Waals surface area (Å²) >= 11 is 1.73. The van der Waals surface area contributed by atoms with E-state index in [1.165, 1.54) is 4.90 Å². The number of aromatic nitrogens is 2. The van der Waals surface area contributed by atoms with E-state index in [-0.39, 0.29) is 0 Å². The van der Waals surface area contributed by atoms with Gasteiger partial charge in [0.2, 0.25) is 0 Å². The van der Waals surface area contributed by atoms with Gasteiger partial charge in [-0.3, -0.25) is 10.1 Å². The third-order valence-corrected chi connectivity index (χ3v) is 5.83. The van der Waals surface area contributed by atoms with Crippen molar-refractivity contribution >= 4 is 34.8 Å². The van der Waals surface area contributed by atoms with Gasteiger partial charge in [0, 0.05) is 60.7 Å². The molecule has 3 N–H and O–H groups in total. The molecule has 2 heterocycles. The number of aromatic amines is 1. The molecule has 0 amide bonds. The summed E-state index contributed by atoms with van der Waals surface area (Å²) in [5.41, 5.74) is 8.69. The minimum Gasteiger partial charge on any atom is -0.399 e. The van der Waals surface area contributed by atoms with Crippen LogP contribution >= 0.6 is 11.8 Å². The lowest BCUT2D eigenvalue weighted by Crippen LogP contribution is -2.47. The maximum Gasteiger partial charge on any atom is 0.173 e. The van der Waals surface area contributed by atoms with E-state index in [1.54, 1.807) is 11.8 Å². The monoisotopic (exact) mass is 413 g/mol. The molecule has 1 aliphatic rings. The number of hydrogen-bond acceptors (Lipinski definition) is 6. The highest BCUT2D eigenvalue weighted by molar-refractivity contribution is 7.99. The van der Waals surface area contributed by atoms with Crippen molar-refractivity contribution in [3.05, 3.63) is 36.0 Å². The van der Waals surface area contributed by atoms with Gasteiger partial charge in [-0.1, -0.05) is 6.92 Å². The molecule has 1 aromatic heterocycles. The molecule has 7 nitrogen and oxygen atoms in total. The number of nitrogen functional groups attached to an aromatic ring is 1. The van der Waals surface area contributed by atoms with Crippen LogP contribution < -0.4 is 5.73 Å². The molecule has 0 bridgehead atoms. The number of aryl methyl sites for hydroxylation is 1. The fourth-order valence-electron chi connectivity index (χ4n) is 3.13. The Hall–Kier alpha value is -2.32. The van der Waals surface area contributed by atoms with Crippen LogP contribution in [0.5, 0.6) is 0 Å². The minimum atomic E-state index is 0.685. The van der Waals surface area contributed by atoms with E-state index in [4.69, 9.17) is 15.7 Å². The van der Waals surface area contributed by atoms with Gasteiger partial charge in [-0.25, -0.2) is 4.99 Å². The first-order chi connectivity index (χ1) is 14.0. The largest absolute Gasteiger partial charge is 0.399 e. The molecule has 0 aliphatic carbocycles. The molecule has 1 aromatic carbocycles. The van der Waals surface area contributed by atoms with Gasteiger partial charge in [0.1, 0.15) is 5.84 Å². The number of piperazine rings is 1. The topological polar surface area (TPSA) is 85.9 Å². The summed E-state index contributed by atoms with van der Waals surface area (Å²) in [4.78, 5) is 15.7. The molecular weight excluding hydrogens is 382 g/mol. The van der Waals surface area contributed by atoms with E-state index in [9.17, 15) is 0 Å². The lowest BCUT2D eigenvalue weighted by molar-refractivity contribution is 0.214. The van der Waals surface area contributed by atoms with Crippen LogP contribution in [0, 0.1) is 6.92 Å². The molecule has 8 heteroatoms. The number of aliphatic imine (C=N–C) groups is 2. The fourth-order valence-corrected chi connectivity index (χ4v) is 3.82. The van der Waals surface area contributed by atoms with E-state index in [1.807, 2.05) is 37.3 Å². The van der Waals surface area contributed by atoms with Gasteiger partial charge >= 0.3 is 0 Å². The average molecular weight is 414 g/mol. The maximum absolute atomic E-state index is 5.78. The Morgan fingerprint density at radius 3 is 2.55 bits per heavy atom. The molecule has 0 saturated carbocycles.